The second-order valence-corrected chi connectivity index (χ2v) is 15.2. The minimum atomic E-state index is -0.0548. The van der Waals surface area contributed by atoms with Crippen LogP contribution < -0.4 is 0 Å². The Hall–Kier alpha value is -6.97. The van der Waals surface area contributed by atoms with Crippen LogP contribution in [0.3, 0.4) is 0 Å². The van der Waals surface area contributed by atoms with Crippen molar-refractivity contribution >= 4 is 43.1 Å². The van der Waals surface area contributed by atoms with Crippen LogP contribution in [0, 0.1) is 0 Å². The van der Waals surface area contributed by atoms with Gasteiger partial charge in [0.1, 0.15) is 0 Å². The van der Waals surface area contributed by atoms with E-state index in [1.165, 1.54) is 65.7 Å². The average molecular weight is 702 g/mol. The van der Waals surface area contributed by atoms with Crippen molar-refractivity contribution < 1.29 is 0 Å². The Morgan fingerprint density at radius 1 is 0.327 bits per heavy atom. The standard InChI is InChI=1S/C52H35N3/c1-52(2)46-20-12-11-19-42(46)45-30-37-24-22-32-21-23-36-29-35(25-26-39(36)48(32)44(37)31-47(45)52)38-27-28-43(41-18-10-9-17-40(38)41)51-54-49(33-13-5-3-6-14-33)53-50(55-51)34-15-7-4-8-16-34/h3-31H,1-2H3. The summed E-state index contributed by atoms with van der Waals surface area (Å²) < 4.78 is 0. The van der Waals surface area contributed by atoms with Crippen LogP contribution >= 0.6 is 0 Å². The van der Waals surface area contributed by atoms with E-state index in [0.717, 1.165) is 27.5 Å². The van der Waals surface area contributed by atoms with Crippen LogP contribution in [0.25, 0.3) is 99.5 Å². The molecule has 55 heavy (non-hydrogen) atoms. The van der Waals surface area contributed by atoms with Crippen molar-refractivity contribution in [2.24, 2.45) is 0 Å². The lowest BCUT2D eigenvalue weighted by Gasteiger charge is -2.22. The lowest BCUT2D eigenvalue weighted by Crippen LogP contribution is -2.14. The number of benzene rings is 9. The first-order valence-electron chi connectivity index (χ1n) is 18.9. The lowest BCUT2D eigenvalue weighted by atomic mass is 9.81. The SMILES string of the molecule is CC1(C)c2ccccc2-c2cc3ccc4ccc5cc(-c6ccc(-c7nc(-c8ccccc8)nc(-c8ccccc8)n7)c7ccccc67)ccc5c4c3cc21. The van der Waals surface area contributed by atoms with Crippen LogP contribution in [0.15, 0.2) is 176 Å². The third-order valence-corrected chi connectivity index (χ3v) is 11.7. The number of fused-ring (bicyclic) bond motifs is 9. The molecule has 0 radical (unpaired) electrons. The number of hydrogen-bond donors (Lipinski definition) is 0. The molecular weight excluding hydrogens is 667 g/mol. The van der Waals surface area contributed by atoms with Crippen molar-refractivity contribution in [3.05, 3.63) is 187 Å². The van der Waals surface area contributed by atoms with Crippen LogP contribution in [0.2, 0.25) is 0 Å². The highest BCUT2D eigenvalue weighted by Gasteiger charge is 2.35. The van der Waals surface area contributed by atoms with Gasteiger partial charge in [-0.3, -0.25) is 0 Å². The molecule has 3 nitrogen and oxygen atoms in total. The molecule has 1 aliphatic rings. The van der Waals surface area contributed by atoms with Gasteiger partial charge in [0.15, 0.2) is 17.5 Å². The van der Waals surface area contributed by atoms with Crippen molar-refractivity contribution in [2.45, 2.75) is 19.3 Å². The maximum absolute atomic E-state index is 5.07. The summed E-state index contributed by atoms with van der Waals surface area (Å²) >= 11 is 0. The Morgan fingerprint density at radius 3 is 1.60 bits per heavy atom. The minimum absolute atomic E-state index is 0.0548. The summed E-state index contributed by atoms with van der Waals surface area (Å²) in [6, 6.07) is 63.2. The summed E-state index contributed by atoms with van der Waals surface area (Å²) in [5, 5.41) is 9.93. The van der Waals surface area contributed by atoms with E-state index in [4.69, 9.17) is 15.0 Å². The fourth-order valence-electron chi connectivity index (χ4n) is 8.93. The van der Waals surface area contributed by atoms with E-state index in [0.29, 0.717) is 17.5 Å². The Morgan fingerprint density at radius 2 is 0.891 bits per heavy atom. The van der Waals surface area contributed by atoms with Gasteiger partial charge >= 0.3 is 0 Å². The molecule has 258 valence electrons. The van der Waals surface area contributed by atoms with Crippen LogP contribution in [0.1, 0.15) is 25.0 Å². The summed E-state index contributed by atoms with van der Waals surface area (Å²) in [4.78, 5) is 15.1. The molecule has 0 bridgehead atoms. The first kappa shape index (κ1) is 31.5. The summed E-state index contributed by atoms with van der Waals surface area (Å²) in [7, 11) is 0. The van der Waals surface area contributed by atoms with Crippen LogP contribution in [0.5, 0.6) is 0 Å². The van der Waals surface area contributed by atoms with Gasteiger partial charge in [0.05, 0.1) is 0 Å². The summed E-state index contributed by atoms with van der Waals surface area (Å²) in [6.45, 7) is 4.72. The molecule has 9 aromatic carbocycles. The molecular formula is C52H35N3. The molecule has 0 unspecified atom stereocenters. The number of nitrogens with zero attached hydrogens (tertiary/aromatic N) is 3. The Balaban J connectivity index is 1.07. The molecule has 0 atom stereocenters. The van der Waals surface area contributed by atoms with Gasteiger partial charge < -0.3 is 0 Å². The normalized spacial score (nSPS) is 13.1. The average Bonchev–Trinajstić information content (AvgIpc) is 3.47. The molecule has 1 aliphatic carbocycles. The van der Waals surface area contributed by atoms with Crippen LogP contribution in [0.4, 0.5) is 0 Å². The van der Waals surface area contributed by atoms with Gasteiger partial charge in [-0.05, 0) is 101 Å². The second kappa shape index (κ2) is 12.0. The predicted octanol–water partition coefficient (Wildman–Crippen LogP) is 13.5. The molecule has 3 heteroatoms. The van der Waals surface area contributed by atoms with E-state index >= 15 is 0 Å². The zero-order chi connectivity index (χ0) is 36.7. The molecule has 1 aromatic heterocycles. The van der Waals surface area contributed by atoms with Crippen molar-refractivity contribution in [1.29, 1.82) is 0 Å². The lowest BCUT2D eigenvalue weighted by molar-refractivity contribution is 0.661. The smallest absolute Gasteiger partial charge is 0.164 e. The van der Waals surface area contributed by atoms with Gasteiger partial charge in [0.25, 0.3) is 0 Å². The first-order valence-corrected chi connectivity index (χ1v) is 18.9. The van der Waals surface area contributed by atoms with E-state index in [9.17, 15) is 0 Å². The monoisotopic (exact) mass is 701 g/mol. The number of rotatable bonds is 4. The van der Waals surface area contributed by atoms with Gasteiger partial charge in [0.2, 0.25) is 0 Å². The largest absolute Gasteiger partial charge is 0.208 e. The van der Waals surface area contributed by atoms with Crippen molar-refractivity contribution in [1.82, 2.24) is 15.0 Å². The van der Waals surface area contributed by atoms with Gasteiger partial charge in [-0.1, -0.05) is 166 Å². The Kier molecular flexibility index (Phi) is 6.90. The summed E-state index contributed by atoms with van der Waals surface area (Å²) in [6.07, 6.45) is 0. The van der Waals surface area contributed by atoms with Crippen LogP contribution in [-0.4, -0.2) is 15.0 Å². The van der Waals surface area contributed by atoms with Gasteiger partial charge in [0, 0.05) is 22.1 Å². The molecule has 11 rings (SSSR count). The molecule has 0 spiro atoms. The van der Waals surface area contributed by atoms with E-state index < -0.39 is 0 Å². The van der Waals surface area contributed by atoms with Gasteiger partial charge in [-0.2, -0.15) is 0 Å². The Bertz CT molecular complexity index is 3110. The second-order valence-electron chi connectivity index (χ2n) is 15.2. The van der Waals surface area contributed by atoms with Crippen LogP contribution in [-0.2, 0) is 5.41 Å². The molecule has 0 fully saturated rings. The molecule has 10 aromatic rings. The number of hydrogen-bond acceptors (Lipinski definition) is 3. The fraction of sp³-hybridized carbons (Fsp3) is 0.0577. The first-order chi connectivity index (χ1) is 27.0. The minimum Gasteiger partial charge on any atom is -0.208 e. The van der Waals surface area contributed by atoms with Gasteiger partial charge in [-0.15, -0.1) is 0 Å². The highest BCUT2D eigenvalue weighted by atomic mass is 15.0. The molecule has 1 heterocycles. The highest BCUT2D eigenvalue weighted by Crippen LogP contribution is 2.50. The maximum Gasteiger partial charge on any atom is 0.164 e. The third-order valence-electron chi connectivity index (χ3n) is 11.7. The quantitative estimate of drug-likeness (QED) is 0.171. The molecule has 0 saturated carbocycles. The van der Waals surface area contributed by atoms with Crippen molar-refractivity contribution in [2.75, 3.05) is 0 Å². The summed E-state index contributed by atoms with van der Waals surface area (Å²) in [5.74, 6) is 1.97. The van der Waals surface area contributed by atoms with E-state index in [1.54, 1.807) is 0 Å². The number of aromatic nitrogens is 3. The molecule has 0 aliphatic heterocycles. The molecule has 0 N–H and O–H groups in total. The van der Waals surface area contributed by atoms with E-state index in [-0.39, 0.29) is 5.41 Å². The van der Waals surface area contributed by atoms with E-state index in [1.807, 2.05) is 60.7 Å². The van der Waals surface area contributed by atoms with Crippen molar-refractivity contribution in [3.63, 3.8) is 0 Å². The predicted molar refractivity (Wildman–Crippen MR) is 229 cm³/mol. The maximum atomic E-state index is 5.07. The molecule has 0 saturated heterocycles. The van der Waals surface area contributed by atoms with Crippen molar-refractivity contribution in [3.8, 4) is 56.4 Å². The van der Waals surface area contributed by atoms with E-state index in [2.05, 4.69) is 129 Å². The fourth-order valence-corrected chi connectivity index (χ4v) is 8.93. The zero-order valence-electron chi connectivity index (χ0n) is 30.6. The Labute approximate surface area is 319 Å². The third kappa shape index (κ3) is 4.93. The molecule has 0 amide bonds. The zero-order valence-corrected chi connectivity index (χ0v) is 30.6. The van der Waals surface area contributed by atoms with Gasteiger partial charge in [-0.25, -0.2) is 15.0 Å². The highest BCUT2D eigenvalue weighted by molar-refractivity contribution is 6.21. The topological polar surface area (TPSA) is 38.7 Å². The summed E-state index contributed by atoms with van der Waals surface area (Å²) in [5.41, 5.74) is 10.7.